The van der Waals surface area contributed by atoms with Crippen LogP contribution in [0.25, 0.3) is 23.0 Å². The Bertz CT molecular complexity index is 1220. The molecule has 0 radical (unpaired) electrons. The van der Waals surface area contributed by atoms with E-state index in [2.05, 4.69) is 5.32 Å². The van der Waals surface area contributed by atoms with Gasteiger partial charge in [-0.1, -0.05) is 32.0 Å². The van der Waals surface area contributed by atoms with Crippen LogP contribution in [0, 0.1) is 0 Å². The van der Waals surface area contributed by atoms with Crippen LogP contribution in [0.15, 0.2) is 70.0 Å². The van der Waals surface area contributed by atoms with Crippen molar-refractivity contribution >= 4 is 33.3 Å². The van der Waals surface area contributed by atoms with E-state index in [1.807, 2.05) is 38.1 Å². The second-order valence-corrected chi connectivity index (χ2v) is 8.81. The molecule has 154 valence electrons. The monoisotopic (exact) mass is 422 g/mol. The second kappa shape index (κ2) is 7.93. The van der Waals surface area contributed by atoms with Gasteiger partial charge in [-0.3, -0.25) is 4.79 Å². The molecule has 0 saturated heterocycles. The fraction of sp³-hybridized carbons (Fsp3) is 0.174. The predicted molar refractivity (Wildman–Crippen MR) is 117 cm³/mol. The average Bonchev–Trinajstić information content (AvgIpc) is 3.34. The topological polar surface area (TPSA) is 79.6 Å². The number of anilines is 1. The number of hydrogen-bond acceptors (Lipinski definition) is 4. The van der Waals surface area contributed by atoms with Crippen molar-refractivity contribution in [3.05, 3.63) is 72.0 Å². The van der Waals surface area contributed by atoms with E-state index in [9.17, 15) is 13.2 Å². The normalized spacial score (nSPS) is 14.9. The van der Waals surface area contributed by atoms with Crippen molar-refractivity contribution in [3.8, 4) is 11.3 Å². The average molecular weight is 423 g/mol. The smallest absolute Gasteiger partial charge is 0.256 e. The van der Waals surface area contributed by atoms with Crippen LogP contribution in [0.2, 0.25) is 0 Å². The first-order valence-corrected chi connectivity index (χ1v) is 11.2. The van der Waals surface area contributed by atoms with Gasteiger partial charge >= 0.3 is 0 Å². The van der Waals surface area contributed by atoms with E-state index in [0.29, 0.717) is 30.2 Å². The summed E-state index contributed by atoms with van der Waals surface area (Å²) in [7, 11) is -3.50. The molecule has 0 bridgehead atoms. The number of nitrogens with one attached hydrogen (secondary N) is 1. The van der Waals surface area contributed by atoms with Gasteiger partial charge < -0.3 is 9.73 Å². The molecule has 1 aliphatic rings. The van der Waals surface area contributed by atoms with E-state index in [1.54, 1.807) is 42.5 Å². The Kier molecular flexibility index (Phi) is 5.32. The van der Waals surface area contributed by atoms with Gasteiger partial charge in [0.2, 0.25) is 10.0 Å². The van der Waals surface area contributed by atoms with Crippen LogP contribution in [-0.2, 0) is 14.8 Å². The van der Waals surface area contributed by atoms with E-state index in [-0.39, 0.29) is 10.8 Å². The summed E-state index contributed by atoms with van der Waals surface area (Å²) in [6.45, 7) is 4.48. The van der Waals surface area contributed by atoms with Crippen molar-refractivity contribution in [2.24, 2.45) is 0 Å². The molecule has 0 spiro atoms. The number of amides is 1. The summed E-state index contributed by atoms with van der Waals surface area (Å²) in [5, 5.41) is 2.84. The molecule has 0 fully saturated rings. The fourth-order valence-electron chi connectivity index (χ4n) is 3.51. The summed E-state index contributed by atoms with van der Waals surface area (Å²) in [4.78, 5) is 12.5. The van der Waals surface area contributed by atoms with Crippen molar-refractivity contribution in [3.63, 3.8) is 0 Å². The molecule has 1 amide bonds. The van der Waals surface area contributed by atoms with E-state index < -0.39 is 10.0 Å². The lowest BCUT2D eigenvalue weighted by molar-refractivity contribution is -0.110. The maximum absolute atomic E-state index is 12.6. The minimum Gasteiger partial charge on any atom is -0.457 e. The lowest BCUT2D eigenvalue weighted by Crippen LogP contribution is -2.30. The number of sulfonamides is 1. The molecule has 3 aromatic rings. The molecule has 1 aromatic heterocycles. The van der Waals surface area contributed by atoms with Crippen LogP contribution in [-0.4, -0.2) is 31.7 Å². The summed E-state index contributed by atoms with van der Waals surface area (Å²) in [5.41, 5.74) is 2.93. The van der Waals surface area contributed by atoms with Crippen LogP contribution >= 0.6 is 0 Å². The van der Waals surface area contributed by atoms with Gasteiger partial charge in [0.25, 0.3) is 5.91 Å². The number of para-hydroxylation sites is 1. The fourth-order valence-corrected chi connectivity index (χ4v) is 4.97. The largest absolute Gasteiger partial charge is 0.457 e. The van der Waals surface area contributed by atoms with Crippen LogP contribution in [0.5, 0.6) is 0 Å². The highest BCUT2D eigenvalue weighted by molar-refractivity contribution is 7.89. The highest BCUT2D eigenvalue weighted by Gasteiger charge is 2.24. The molecule has 1 N–H and O–H groups in total. The summed E-state index contributed by atoms with van der Waals surface area (Å²) < 4.78 is 32.6. The lowest BCUT2D eigenvalue weighted by atomic mass is 10.1. The Morgan fingerprint density at radius 2 is 1.67 bits per heavy atom. The zero-order valence-corrected chi connectivity index (χ0v) is 17.6. The number of rotatable bonds is 6. The van der Waals surface area contributed by atoms with Gasteiger partial charge in [-0.15, -0.1) is 0 Å². The number of hydrogen-bond donors (Lipinski definition) is 1. The lowest BCUT2D eigenvalue weighted by Gasteiger charge is -2.18. The minimum atomic E-state index is -3.50. The highest BCUT2D eigenvalue weighted by Crippen LogP contribution is 2.33. The van der Waals surface area contributed by atoms with Gasteiger partial charge in [-0.05, 0) is 48.5 Å². The molecule has 6 nitrogen and oxygen atoms in total. The van der Waals surface area contributed by atoms with Crippen molar-refractivity contribution in [1.29, 1.82) is 0 Å². The molecule has 30 heavy (non-hydrogen) atoms. The molecule has 1 aliphatic heterocycles. The number of carbonyl (C=O) groups is 1. The standard InChI is InChI=1S/C23H22N2O4S/c1-3-25(4-2)30(27,28)18-12-9-16(10-13-18)22-14-11-17(29-22)15-20-19-7-5-6-8-21(19)24-23(20)26/h5-15H,3-4H2,1-2H3,(H,24,26)/b20-15+. The van der Waals surface area contributed by atoms with E-state index >= 15 is 0 Å². The summed E-state index contributed by atoms with van der Waals surface area (Å²) >= 11 is 0. The van der Waals surface area contributed by atoms with Crippen molar-refractivity contribution in [1.82, 2.24) is 4.31 Å². The Balaban J connectivity index is 1.60. The number of furan rings is 1. The number of nitrogens with zero attached hydrogens (tertiary/aromatic N) is 1. The van der Waals surface area contributed by atoms with Crippen LogP contribution in [0.4, 0.5) is 5.69 Å². The predicted octanol–water partition coefficient (Wildman–Crippen LogP) is 4.47. The van der Waals surface area contributed by atoms with Gasteiger partial charge in [0.1, 0.15) is 11.5 Å². The summed E-state index contributed by atoms with van der Waals surface area (Å²) in [6.07, 6.45) is 1.71. The quantitative estimate of drug-likeness (QED) is 0.595. The van der Waals surface area contributed by atoms with Crippen LogP contribution in [0.1, 0.15) is 25.2 Å². The first-order chi connectivity index (χ1) is 14.4. The Hall–Kier alpha value is -3.16. The van der Waals surface area contributed by atoms with Crippen molar-refractivity contribution in [2.45, 2.75) is 18.7 Å². The minimum absolute atomic E-state index is 0.167. The van der Waals surface area contributed by atoms with Crippen LogP contribution in [0.3, 0.4) is 0 Å². The Morgan fingerprint density at radius 1 is 0.967 bits per heavy atom. The highest BCUT2D eigenvalue weighted by atomic mass is 32.2. The van der Waals surface area contributed by atoms with Gasteiger partial charge in [-0.25, -0.2) is 8.42 Å². The first kappa shape index (κ1) is 20.1. The van der Waals surface area contributed by atoms with E-state index in [4.69, 9.17) is 4.42 Å². The summed E-state index contributed by atoms with van der Waals surface area (Å²) in [5.74, 6) is 0.979. The van der Waals surface area contributed by atoms with Gasteiger partial charge in [0.15, 0.2) is 0 Å². The van der Waals surface area contributed by atoms with Gasteiger partial charge in [-0.2, -0.15) is 4.31 Å². The maximum Gasteiger partial charge on any atom is 0.256 e. The summed E-state index contributed by atoms with van der Waals surface area (Å²) in [6, 6.07) is 17.7. The molecule has 0 aliphatic carbocycles. The first-order valence-electron chi connectivity index (χ1n) is 9.77. The molecule has 0 saturated carbocycles. The molecular weight excluding hydrogens is 400 g/mol. The third kappa shape index (κ3) is 3.58. The van der Waals surface area contributed by atoms with Gasteiger partial charge in [0, 0.05) is 29.9 Å². The Labute approximate surface area is 175 Å². The van der Waals surface area contributed by atoms with Crippen molar-refractivity contribution < 1.29 is 17.6 Å². The number of carbonyl (C=O) groups excluding carboxylic acids is 1. The van der Waals surface area contributed by atoms with E-state index in [1.165, 1.54) is 4.31 Å². The van der Waals surface area contributed by atoms with Crippen LogP contribution < -0.4 is 5.32 Å². The van der Waals surface area contributed by atoms with Gasteiger partial charge in [0.05, 0.1) is 10.5 Å². The third-order valence-corrected chi connectivity index (χ3v) is 7.17. The third-order valence-electron chi connectivity index (χ3n) is 5.11. The van der Waals surface area contributed by atoms with Crippen molar-refractivity contribution in [2.75, 3.05) is 18.4 Å². The Morgan fingerprint density at radius 3 is 2.37 bits per heavy atom. The zero-order valence-electron chi connectivity index (χ0n) is 16.8. The second-order valence-electron chi connectivity index (χ2n) is 6.87. The molecule has 4 rings (SSSR count). The molecule has 7 heteroatoms. The molecule has 2 heterocycles. The molecule has 2 aromatic carbocycles. The molecule has 0 unspecified atom stereocenters. The zero-order chi connectivity index (χ0) is 21.3. The molecular formula is C23H22N2O4S. The maximum atomic E-state index is 12.6. The van der Waals surface area contributed by atoms with E-state index in [0.717, 1.165) is 16.8 Å². The number of benzene rings is 2. The number of fused-ring (bicyclic) bond motifs is 1. The molecule has 0 atom stereocenters. The SMILES string of the molecule is CCN(CC)S(=O)(=O)c1ccc(-c2ccc(/C=C3/C(=O)Nc4ccccc43)o2)cc1.